The number of nitrogens with zero attached hydrogens (tertiary/aromatic N) is 2. The summed E-state index contributed by atoms with van der Waals surface area (Å²) in [5.41, 5.74) is 6.12. The number of thiol groups is 1. The molecule has 0 aromatic heterocycles. The first kappa shape index (κ1) is 24.7. The second-order valence-electron chi connectivity index (χ2n) is 11.0. The summed E-state index contributed by atoms with van der Waals surface area (Å²) in [7, 11) is -0.641. The first-order valence-corrected chi connectivity index (χ1v) is 15.0. The van der Waals surface area contributed by atoms with E-state index in [4.69, 9.17) is 4.74 Å². The van der Waals surface area contributed by atoms with Gasteiger partial charge in [0.2, 0.25) is 0 Å². The number of rotatable bonds is 10. The van der Waals surface area contributed by atoms with Crippen molar-refractivity contribution in [1.82, 2.24) is 9.21 Å². The van der Waals surface area contributed by atoms with Crippen LogP contribution in [0.15, 0.2) is 59.4 Å². The highest BCUT2D eigenvalue weighted by atomic mass is 32.3. The largest absolute Gasteiger partial charge is 0.384 e. The molecule has 0 radical (unpaired) electrons. The van der Waals surface area contributed by atoms with Gasteiger partial charge >= 0.3 is 0 Å². The van der Waals surface area contributed by atoms with Crippen molar-refractivity contribution in [2.75, 3.05) is 45.4 Å². The minimum atomic E-state index is -2.46. The van der Waals surface area contributed by atoms with Crippen LogP contribution in [-0.4, -0.2) is 64.3 Å². The molecule has 3 atom stereocenters. The van der Waals surface area contributed by atoms with E-state index in [-0.39, 0.29) is 5.41 Å². The fraction of sp³-hybridized carbons (Fsp3) is 0.643. The molecular formula is C28H44N2O2S. The van der Waals surface area contributed by atoms with E-state index in [9.17, 15) is 4.21 Å². The van der Waals surface area contributed by atoms with Gasteiger partial charge in [0.1, 0.15) is 0 Å². The van der Waals surface area contributed by atoms with Crippen molar-refractivity contribution in [3.63, 3.8) is 0 Å². The molecule has 0 aromatic rings. The second kappa shape index (κ2) is 9.31. The van der Waals surface area contributed by atoms with Crippen molar-refractivity contribution in [2.45, 2.75) is 58.4 Å². The molecule has 184 valence electrons. The minimum Gasteiger partial charge on any atom is -0.384 e. The van der Waals surface area contributed by atoms with Crippen LogP contribution in [-0.2, 0) is 14.9 Å². The van der Waals surface area contributed by atoms with E-state index in [0.29, 0.717) is 23.8 Å². The summed E-state index contributed by atoms with van der Waals surface area (Å²) in [5.74, 6) is 1.30. The quantitative estimate of drug-likeness (QED) is 0.357. The smallest absolute Gasteiger partial charge is 0.0571 e. The van der Waals surface area contributed by atoms with Crippen molar-refractivity contribution in [1.29, 1.82) is 0 Å². The molecule has 2 heterocycles. The molecule has 0 bridgehead atoms. The molecule has 0 amide bonds. The third-order valence-electron chi connectivity index (χ3n) is 8.47. The van der Waals surface area contributed by atoms with Crippen LogP contribution >= 0.6 is 0 Å². The number of allylic oxidation sites excluding steroid dienone is 5. The zero-order valence-corrected chi connectivity index (χ0v) is 22.3. The lowest BCUT2D eigenvalue weighted by Gasteiger charge is -2.50. The van der Waals surface area contributed by atoms with E-state index in [2.05, 4.69) is 54.8 Å². The van der Waals surface area contributed by atoms with Gasteiger partial charge in [-0.3, -0.25) is 4.21 Å². The van der Waals surface area contributed by atoms with Gasteiger partial charge in [-0.05, 0) is 51.2 Å². The summed E-state index contributed by atoms with van der Waals surface area (Å²) < 4.78 is 21.9. The van der Waals surface area contributed by atoms with E-state index in [1.54, 1.807) is 11.6 Å². The van der Waals surface area contributed by atoms with Crippen LogP contribution < -0.4 is 0 Å². The molecule has 3 unspecified atom stereocenters. The van der Waals surface area contributed by atoms with Crippen molar-refractivity contribution >= 4 is 10.1 Å². The Morgan fingerprint density at radius 3 is 2.91 bits per heavy atom. The van der Waals surface area contributed by atoms with Crippen molar-refractivity contribution in [2.24, 2.45) is 11.3 Å². The lowest BCUT2D eigenvalue weighted by molar-refractivity contribution is 0.0716. The Hall–Kier alpha value is -1.43. The van der Waals surface area contributed by atoms with E-state index >= 15 is 0 Å². The van der Waals surface area contributed by atoms with Gasteiger partial charge in [0.05, 0.1) is 6.61 Å². The first-order valence-electron chi connectivity index (χ1n) is 12.7. The van der Waals surface area contributed by atoms with Gasteiger partial charge in [-0.15, -0.1) is 0 Å². The molecular weight excluding hydrogens is 428 g/mol. The molecule has 33 heavy (non-hydrogen) atoms. The molecule has 2 aliphatic carbocycles. The van der Waals surface area contributed by atoms with Crippen LogP contribution in [0.25, 0.3) is 0 Å². The third kappa shape index (κ3) is 4.49. The van der Waals surface area contributed by atoms with E-state index in [1.807, 2.05) is 19.4 Å². The van der Waals surface area contributed by atoms with Crippen LogP contribution in [0.2, 0.25) is 0 Å². The normalized spacial score (nSPS) is 32.5. The van der Waals surface area contributed by atoms with Gasteiger partial charge in [0, 0.05) is 61.3 Å². The Balaban J connectivity index is 1.55. The molecule has 4 rings (SSSR count). The van der Waals surface area contributed by atoms with Crippen LogP contribution in [0.1, 0.15) is 52.9 Å². The summed E-state index contributed by atoms with van der Waals surface area (Å²) in [4.78, 5) is 2.72. The number of ether oxygens (including phenoxy) is 1. The maximum Gasteiger partial charge on any atom is 0.0571 e. The summed E-state index contributed by atoms with van der Waals surface area (Å²) in [6.07, 6.45) is 18.2. The van der Waals surface area contributed by atoms with Crippen LogP contribution in [0, 0.1) is 11.3 Å². The predicted octanol–water partition coefficient (Wildman–Crippen LogP) is 5.05. The van der Waals surface area contributed by atoms with Gasteiger partial charge in [-0.25, -0.2) is 4.31 Å². The van der Waals surface area contributed by atoms with Gasteiger partial charge in [-0.1, -0.05) is 65.5 Å². The molecule has 4 nitrogen and oxygen atoms in total. The molecule has 0 spiro atoms. The summed E-state index contributed by atoms with van der Waals surface area (Å²) >= 11 is 0. The van der Waals surface area contributed by atoms with E-state index in [0.717, 1.165) is 31.5 Å². The third-order valence-corrected chi connectivity index (χ3v) is 10.9. The van der Waals surface area contributed by atoms with Gasteiger partial charge in [0.25, 0.3) is 0 Å². The maximum absolute atomic E-state index is 13.8. The zero-order chi connectivity index (χ0) is 23.9. The molecule has 5 heteroatoms. The highest BCUT2D eigenvalue weighted by Gasteiger charge is 2.63. The van der Waals surface area contributed by atoms with Gasteiger partial charge < -0.3 is 9.64 Å². The fourth-order valence-corrected chi connectivity index (χ4v) is 8.26. The highest BCUT2D eigenvalue weighted by Crippen LogP contribution is 2.64. The number of hydrogen-bond acceptors (Lipinski definition) is 3. The van der Waals surface area contributed by atoms with Crippen molar-refractivity contribution in [3.8, 4) is 0 Å². The maximum atomic E-state index is 13.8. The fourth-order valence-electron chi connectivity index (χ4n) is 6.44. The Labute approximate surface area is 202 Å². The van der Waals surface area contributed by atoms with Crippen LogP contribution in [0.4, 0.5) is 0 Å². The molecule has 0 N–H and O–H groups in total. The number of fused-ring (bicyclic) bond motifs is 3. The van der Waals surface area contributed by atoms with E-state index < -0.39 is 10.1 Å². The lowest BCUT2D eigenvalue weighted by atomic mass is 9.68. The molecule has 1 saturated carbocycles. The second-order valence-corrected chi connectivity index (χ2v) is 14.0. The highest BCUT2D eigenvalue weighted by molar-refractivity contribution is 8.00. The lowest BCUT2D eigenvalue weighted by Crippen LogP contribution is -2.53. The standard InChI is InChI=1S/C28H44N2O2S/c1-7-9-14-30-26-17-23-13-15-29(33(6,31)16-10-12-22(3)11-8-2)20-28(23,21-32-5)18-24(26)25-19-27(25,30)4/h8,10-12,17,25,33H,2,7,9,13-16,18-21H2,1,3-6H3/b12-10-,22-11-. The molecule has 1 saturated heterocycles. The van der Waals surface area contributed by atoms with Gasteiger partial charge in [0.15, 0.2) is 0 Å². The van der Waals surface area contributed by atoms with Gasteiger partial charge in [-0.2, -0.15) is 0 Å². The molecule has 2 aliphatic heterocycles. The SMILES string of the molecule is C=C/C=C(C)\C=C/C[SH](C)(=O)N1CCC2=CC3=C(CC2(COC)C1)C1CC1(C)N3CCCC. The Bertz CT molecular complexity index is 961. The Morgan fingerprint density at radius 1 is 1.42 bits per heavy atom. The number of methoxy groups -OCH3 is 1. The average Bonchev–Trinajstić information content (AvgIpc) is 3.39. The zero-order valence-electron chi connectivity index (χ0n) is 21.4. The topological polar surface area (TPSA) is 32.8 Å². The summed E-state index contributed by atoms with van der Waals surface area (Å²) in [5, 5.41) is 0. The number of hydrogen-bond donors (Lipinski definition) is 1. The number of piperidine rings is 1. The molecule has 2 fully saturated rings. The summed E-state index contributed by atoms with van der Waals surface area (Å²) in [6, 6.07) is 0. The monoisotopic (exact) mass is 472 g/mol. The molecule has 0 aromatic carbocycles. The predicted molar refractivity (Wildman–Crippen MR) is 142 cm³/mol. The number of unbranched alkanes of at least 4 members (excludes halogenated alkanes) is 1. The van der Waals surface area contributed by atoms with Crippen LogP contribution in [0.5, 0.6) is 0 Å². The molecule has 4 aliphatic rings. The minimum absolute atomic E-state index is 0.0376. The van der Waals surface area contributed by atoms with E-state index in [1.165, 1.54) is 37.1 Å². The summed E-state index contributed by atoms with van der Waals surface area (Å²) in [6.45, 7) is 14.1. The Morgan fingerprint density at radius 2 is 2.21 bits per heavy atom. The van der Waals surface area contributed by atoms with Crippen LogP contribution in [0.3, 0.4) is 0 Å². The van der Waals surface area contributed by atoms with Crippen molar-refractivity contribution in [3.05, 3.63) is 59.4 Å². The van der Waals surface area contributed by atoms with Crippen molar-refractivity contribution < 1.29 is 8.95 Å². The Kier molecular flexibility index (Phi) is 6.97. The average molecular weight is 473 g/mol. The first-order chi connectivity index (χ1) is 15.7.